The second-order valence-corrected chi connectivity index (χ2v) is 25.7. The van der Waals surface area contributed by atoms with Crippen LogP contribution in [0.15, 0.2) is 183 Å². The maximum Gasteiger partial charge on any atom is 0.333 e. The van der Waals surface area contributed by atoms with Crippen LogP contribution in [0.25, 0.3) is 82.9 Å². The lowest BCUT2D eigenvalue weighted by molar-refractivity contribution is 0.284. The number of hydrogen-bond acceptors (Lipinski definition) is 15. The summed E-state index contributed by atoms with van der Waals surface area (Å²) in [6.45, 7) is 0.200. The molecule has 0 atom stereocenters. The van der Waals surface area contributed by atoms with E-state index in [4.69, 9.17) is 67.4 Å². The SMILES string of the molecule is COc1cc2ncc3c(c2cc1OCc1ccc(F)c(Cl)c1)n(-c1ccc(C#N)cc1F)c(=O)n3C.COc1cc2ncc3c(c2cc1OCc1ccc(F)cc1Br)n(-c1ccc(C#N)cc1F)c(=O)n3C.COc1cc2ncc3c(c2cc1OCc1ccc(F)cc1Cl)n(-c1ccc(C#N)cc1F)c(=O)n3C. The number of hydrogen-bond donors (Lipinski definition) is 0. The fraction of sp³-hybridized carbons (Fsp3) is 0.115. The molecule has 0 saturated carbocycles. The molecule has 0 bridgehead atoms. The maximum absolute atomic E-state index is 15.0. The first-order valence-corrected chi connectivity index (χ1v) is 33.6. The quantitative estimate of drug-likeness (QED) is 0.0866. The molecule has 0 radical (unpaired) electrons. The number of pyridine rings is 3. The summed E-state index contributed by atoms with van der Waals surface area (Å²) in [7, 11) is 9.14. The van der Waals surface area contributed by atoms with E-state index in [1.54, 1.807) is 69.7 Å². The summed E-state index contributed by atoms with van der Waals surface area (Å²) in [5.41, 5.74) is 5.01. The van der Waals surface area contributed by atoms with Gasteiger partial charge >= 0.3 is 17.1 Å². The molecule has 0 saturated heterocycles. The van der Waals surface area contributed by atoms with E-state index in [1.807, 2.05) is 18.2 Å². The van der Waals surface area contributed by atoms with Gasteiger partial charge in [-0.2, -0.15) is 15.8 Å². The van der Waals surface area contributed by atoms with E-state index in [2.05, 4.69) is 30.9 Å². The molecule has 540 valence electrons. The van der Waals surface area contributed by atoms with Gasteiger partial charge in [-0.25, -0.2) is 40.7 Å². The van der Waals surface area contributed by atoms with Crippen LogP contribution in [0.2, 0.25) is 10.0 Å². The molecule has 0 spiro atoms. The topological polar surface area (TPSA) is 246 Å². The Balaban J connectivity index is 0.000000143. The highest BCUT2D eigenvalue weighted by Crippen LogP contribution is 2.41. The normalized spacial score (nSPS) is 11.1. The van der Waals surface area contributed by atoms with Gasteiger partial charge in [-0.05, 0) is 115 Å². The van der Waals surface area contributed by atoms with Crippen LogP contribution in [0.3, 0.4) is 0 Å². The molecular formula is C78H51BrCl2F6N12O9. The predicted octanol–water partition coefficient (Wildman–Crippen LogP) is 15.9. The highest BCUT2D eigenvalue weighted by Gasteiger charge is 2.26. The zero-order valence-corrected chi connectivity index (χ0v) is 60.3. The lowest BCUT2D eigenvalue weighted by Gasteiger charge is -2.14. The average Bonchev–Trinajstić information content (AvgIpc) is 1.59. The van der Waals surface area contributed by atoms with Gasteiger partial charge < -0.3 is 28.4 Å². The van der Waals surface area contributed by atoms with Gasteiger partial charge in [0.2, 0.25) is 0 Å². The summed E-state index contributed by atoms with van der Waals surface area (Å²) >= 11 is 15.3. The van der Waals surface area contributed by atoms with E-state index in [1.165, 1.54) is 146 Å². The zero-order valence-electron chi connectivity index (χ0n) is 57.2. The summed E-state index contributed by atoms with van der Waals surface area (Å²) in [5.74, 6) is -1.33. The minimum atomic E-state index is -0.718. The van der Waals surface area contributed by atoms with Crippen LogP contribution >= 0.6 is 39.1 Å². The zero-order chi connectivity index (χ0) is 76.7. The molecule has 0 N–H and O–H groups in total. The van der Waals surface area contributed by atoms with Gasteiger partial charge in [0.05, 0.1) is 152 Å². The molecule has 108 heavy (non-hydrogen) atoms. The van der Waals surface area contributed by atoms with Gasteiger partial charge in [-0.1, -0.05) is 57.3 Å². The summed E-state index contributed by atoms with van der Waals surface area (Å²) < 4.78 is 128. The second kappa shape index (κ2) is 30.2. The van der Waals surface area contributed by atoms with E-state index in [9.17, 15) is 36.3 Å². The van der Waals surface area contributed by atoms with Crippen LogP contribution < -0.4 is 45.5 Å². The number of nitrogens with zero attached hydrogens (tertiary/aromatic N) is 12. The number of benzene rings is 9. The van der Waals surface area contributed by atoms with Gasteiger partial charge in [0, 0.05) is 71.1 Å². The predicted molar refractivity (Wildman–Crippen MR) is 395 cm³/mol. The van der Waals surface area contributed by atoms with Gasteiger partial charge in [-0.3, -0.25) is 42.4 Å². The van der Waals surface area contributed by atoms with Crippen molar-refractivity contribution in [3.05, 3.63) is 278 Å². The first-order valence-electron chi connectivity index (χ1n) is 32.0. The number of methoxy groups -OCH3 is 3. The van der Waals surface area contributed by atoms with Crippen LogP contribution in [0.4, 0.5) is 26.3 Å². The average molecular weight is 1570 g/mol. The summed E-state index contributed by atoms with van der Waals surface area (Å²) in [4.78, 5) is 52.9. The Morgan fingerprint density at radius 1 is 0.407 bits per heavy atom. The number of aryl methyl sites for hydroxylation is 3. The molecule has 0 aliphatic rings. The molecule has 0 amide bonds. The Kier molecular flexibility index (Phi) is 20.5. The van der Waals surface area contributed by atoms with Crippen molar-refractivity contribution in [2.75, 3.05) is 21.3 Å². The minimum absolute atomic E-state index is 0.00339. The fourth-order valence-electron chi connectivity index (χ4n) is 12.2. The Bertz CT molecular complexity index is 6300. The van der Waals surface area contributed by atoms with E-state index in [-0.39, 0.29) is 69.4 Å². The lowest BCUT2D eigenvalue weighted by atomic mass is 10.1. The van der Waals surface area contributed by atoms with Crippen molar-refractivity contribution in [1.82, 2.24) is 42.4 Å². The van der Waals surface area contributed by atoms with Gasteiger partial charge in [0.15, 0.2) is 34.5 Å². The molecule has 6 heterocycles. The van der Waals surface area contributed by atoms with Crippen molar-refractivity contribution in [1.29, 1.82) is 15.8 Å². The number of aromatic nitrogens is 9. The van der Waals surface area contributed by atoms with E-state index >= 15 is 4.39 Å². The number of nitriles is 3. The molecule has 6 aromatic heterocycles. The molecule has 0 fully saturated rings. The van der Waals surface area contributed by atoms with Crippen molar-refractivity contribution in [2.45, 2.75) is 19.8 Å². The summed E-state index contributed by atoms with van der Waals surface area (Å²) in [6, 6.07) is 39.9. The molecule has 9 aromatic carbocycles. The molecule has 0 aliphatic carbocycles. The largest absolute Gasteiger partial charge is 0.493 e. The summed E-state index contributed by atoms with van der Waals surface area (Å²) in [6.07, 6.45) is 4.58. The molecule has 0 unspecified atom stereocenters. The number of fused-ring (bicyclic) bond motifs is 9. The van der Waals surface area contributed by atoms with E-state index in [0.29, 0.717) is 121 Å². The molecular weight excluding hydrogens is 1510 g/mol. The smallest absolute Gasteiger partial charge is 0.333 e. The van der Waals surface area contributed by atoms with Crippen LogP contribution in [0.5, 0.6) is 34.5 Å². The van der Waals surface area contributed by atoms with Gasteiger partial charge in [0.25, 0.3) is 0 Å². The Labute approximate surface area is 624 Å². The lowest BCUT2D eigenvalue weighted by Crippen LogP contribution is -2.21. The van der Waals surface area contributed by atoms with Crippen molar-refractivity contribution < 1.29 is 54.8 Å². The van der Waals surface area contributed by atoms with E-state index < -0.39 is 46.2 Å². The van der Waals surface area contributed by atoms with Gasteiger partial charge in [0.1, 0.15) is 54.7 Å². The standard InChI is InChI=1S/C26H17BrF2N4O3.2C26H17ClF2N4O3/c2*1-32-22-12-31-20-10-23(35-2)24(36-13-15-4-5-16(28)8-18(15)27)9-17(20)25(22)33(26(32)34)21-6-3-14(11-30)7-19(21)29;1-32-22-12-31-20-10-23(35-2)24(36-13-15-3-5-18(28)17(27)7-15)9-16(20)25(22)33(26(32)34)21-6-4-14(11-30)8-19(21)29/h3*3-10,12H,13H2,1-2H3. The van der Waals surface area contributed by atoms with Crippen LogP contribution in [-0.4, -0.2) is 63.7 Å². The number of rotatable bonds is 15. The molecule has 30 heteroatoms. The fourth-order valence-corrected chi connectivity index (χ4v) is 13.0. The Morgan fingerprint density at radius 3 is 1.11 bits per heavy atom. The minimum Gasteiger partial charge on any atom is -0.493 e. The van der Waals surface area contributed by atoms with Crippen molar-refractivity contribution in [3.63, 3.8) is 0 Å². The summed E-state index contributed by atoms with van der Waals surface area (Å²) in [5, 5.41) is 29.0. The molecule has 15 aromatic rings. The monoisotopic (exact) mass is 1560 g/mol. The number of halogens is 9. The second-order valence-electron chi connectivity index (χ2n) is 24.0. The third-order valence-corrected chi connectivity index (χ3v) is 19.0. The number of ether oxygens (including phenoxy) is 6. The van der Waals surface area contributed by atoms with Gasteiger partial charge in [-0.15, -0.1) is 0 Å². The van der Waals surface area contributed by atoms with E-state index in [0.717, 1.165) is 18.2 Å². The number of imidazole rings is 3. The van der Waals surface area contributed by atoms with Crippen molar-refractivity contribution >= 4 is 105 Å². The van der Waals surface area contributed by atoms with Crippen molar-refractivity contribution in [3.8, 4) is 69.8 Å². The molecule has 15 rings (SSSR count). The Hall–Kier alpha value is -13.1. The molecule has 21 nitrogen and oxygen atoms in total. The Morgan fingerprint density at radius 2 is 0.769 bits per heavy atom. The third-order valence-electron chi connectivity index (χ3n) is 17.6. The molecule has 0 aliphatic heterocycles. The van der Waals surface area contributed by atoms with Crippen LogP contribution in [0.1, 0.15) is 33.4 Å². The van der Waals surface area contributed by atoms with Crippen LogP contribution in [0, 0.1) is 68.9 Å². The highest BCUT2D eigenvalue weighted by atomic mass is 79.9. The maximum atomic E-state index is 15.0. The van der Waals surface area contributed by atoms with Crippen LogP contribution in [-0.2, 0) is 41.0 Å². The highest BCUT2D eigenvalue weighted by molar-refractivity contribution is 9.10. The first kappa shape index (κ1) is 73.3. The first-order chi connectivity index (χ1) is 51.9. The van der Waals surface area contributed by atoms with Crippen molar-refractivity contribution in [2.24, 2.45) is 21.1 Å². The third kappa shape index (κ3) is 13.8.